The molecule has 112 valence electrons. The van der Waals surface area contributed by atoms with Crippen molar-refractivity contribution in [1.82, 2.24) is 4.31 Å². The number of methoxy groups -OCH3 is 1. The third kappa shape index (κ3) is 3.37. The Hall–Kier alpha value is -0.540. The Balaban J connectivity index is 2.18. The van der Waals surface area contributed by atoms with Crippen LogP contribution in [0.2, 0.25) is 0 Å². The first-order valence-corrected chi connectivity index (χ1v) is 9.00. The number of sulfonamides is 1. The number of nitrogens with two attached hydrogens (primary N) is 1. The predicted octanol–water partition coefficient (Wildman–Crippen LogP) is 1.43. The van der Waals surface area contributed by atoms with Gasteiger partial charge in [0.05, 0.1) is 11.5 Å². The molecular formula is C12H18N2O3S3. The maximum absolute atomic E-state index is 12.6. The Morgan fingerprint density at radius 3 is 2.95 bits per heavy atom. The highest BCUT2D eigenvalue weighted by atomic mass is 32.2. The number of thiophene rings is 1. The SMILES string of the molecule is COCC1CCCN(S(=O)(=O)c2ccc(C(N)=S)s2)C1. The van der Waals surface area contributed by atoms with Crippen LogP contribution >= 0.6 is 23.6 Å². The second kappa shape index (κ2) is 6.48. The molecule has 1 aliphatic rings. The van der Waals surface area contributed by atoms with Crippen LogP contribution in [0.3, 0.4) is 0 Å². The van der Waals surface area contributed by atoms with Crippen molar-refractivity contribution in [3.8, 4) is 0 Å². The van der Waals surface area contributed by atoms with E-state index in [-0.39, 0.29) is 10.9 Å². The summed E-state index contributed by atoms with van der Waals surface area (Å²) in [6.07, 6.45) is 1.86. The van der Waals surface area contributed by atoms with Gasteiger partial charge in [-0.2, -0.15) is 4.31 Å². The summed E-state index contributed by atoms with van der Waals surface area (Å²) in [6, 6.07) is 3.24. The Bertz CT molecular complexity index is 581. The summed E-state index contributed by atoms with van der Waals surface area (Å²) in [5.41, 5.74) is 5.53. The lowest BCUT2D eigenvalue weighted by Crippen LogP contribution is -2.40. The van der Waals surface area contributed by atoms with Gasteiger partial charge in [-0.25, -0.2) is 8.42 Å². The lowest BCUT2D eigenvalue weighted by atomic mass is 10.0. The number of hydrogen-bond acceptors (Lipinski definition) is 5. The largest absolute Gasteiger partial charge is 0.389 e. The molecule has 2 heterocycles. The molecule has 0 aromatic carbocycles. The number of nitrogens with zero attached hydrogens (tertiary/aromatic N) is 1. The van der Waals surface area contributed by atoms with E-state index in [1.807, 2.05) is 0 Å². The van der Waals surface area contributed by atoms with Gasteiger partial charge in [0.1, 0.15) is 9.20 Å². The van der Waals surface area contributed by atoms with Crippen molar-refractivity contribution in [2.24, 2.45) is 11.7 Å². The number of piperidine rings is 1. The maximum atomic E-state index is 12.6. The quantitative estimate of drug-likeness (QED) is 0.825. The summed E-state index contributed by atoms with van der Waals surface area (Å²) < 4.78 is 32.1. The number of rotatable bonds is 5. The lowest BCUT2D eigenvalue weighted by Gasteiger charge is -2.31. The molecule has 1 aromatic rings. The summed E-state index contributed by atoms with van der Waals surface area (Å²) >= 11 is 6.00. The minimum Gasteiger partial charge on any atom is -0.389 e. The fraction of sp³-hybridized carbons (Fsp3) is 0.583. The summed E-state index contributed by atoms with van der Waals surface area (Å²) in [6.45, 7) is 1.66. The first-order chi connectivity index (χ1) is 9.45. The molecule has 1 fully saturated rings. The van der Waals surface area contributed by atoms with Crippen molar-refractivity contribution < 1.29 is 13.2 Å². The molecule has 2 N–H and O–H groups in total. The molecule has 0 radical (unpaired) electrons. The van der Waals surface area contributed by atoms with Gasteiger partial charge in [-0.15, -0.1) is 11.3 Å². The van der Waals surface area contributed by atoms with E-state index in [4.69, 9.17) is 22.7 Å². The fourth-order valence-corrected chi connectivity index (χ4v) is 5.40. The van der Waals surface area contributed by atoms with Crippen LogP contribution in [-0.4, -0.2) is 44.5 Å². The van der Waals surface area contributed by atoms with Crippen LogP contribution in [0.25, 0.3) is 0 Å². The normalized spacial score (nSPS) is 20.9. The molecular weight excluding hydrogens is 316 g/mol. The monoisotopic (exact) mass is 334 g/mol. The molecule has 5 nitrogen and oxygen atoms in total. The smallest absolute Gasteiger partial charge is 0.252 e. The molecule has 1 atom stereocenters. The molecule has 1 unspecified atom stereocenters. The average molecular weight is 334 g/mol. The van der Waals surface area contributed by atoms with E-state index in [9.17, 15) is 8.42 Å². The van der Waals surface area contributed by atoms with E-state index in [0.29, 0.717) is 28.8 Å². The Kier molecular flexibility index (Phi) is 5.14. The molecule has 1 aliphatic heterocycles. The van der Waals surface area contributed by atoms with E-state index >= 15 is 0 Å². The topological polar surface area (TPSA) is 72.6 Å². The third-order valence-electron chi connectivity index (χ3n) is 3.30. The van der Waals surface area contributed by atoms with Gasteiger partial charge in [0, 0.05) is 20.2 Å². The van der Waals surface area contributed by atoms with Crippen LogP contribution in [0.4, 0.5) is 0 Å². The van der Waals surface area contributed by atoms with Crippen molar-refractivity contribution in [3.05, 3.63) is 17.0 Å². The van der Waals surface area contributed by atoms with Crippen LogP contribution in [-0.2, 0) is 14.8 Å². The van der Waals surface area contributed by atoms with Gasteiger partial charge in [-0.3, -0.25) is 0 Å². The van der Waals surface area contributed by atoms with Gasteiger partial charge in [0.25, 0.3) is 10.0 Å². The highest BCUT2D eigenvalue weighted by Crippen LogP contribution is 2.28. The number of thiocarbonyl (C=S) groups is 1. The van der Waals surface area contributed by atoms with Crippen LogP contribution in [0.5, 0.6) is 0 Å². The molecule has 1 aromatic heterocycles. The Morgan fingerprint density at radius 1 is 1.60 bits per heavy atom. The molecule has 0 aliphatic carbocycles. The lowest BCUT2D eigenvalue weighted by molar-refractivity contribution is 0.118. The van der Waals surface area contributed by atoms with Crippen LogP contribution in [0, 0.1) is 5.92 Å². The average Bonchev–Trinajstić information content (AvgIpc) is 2.90. The molecule has 20 heavy (non-hydrogen) atoms. The molecule has 0 spiro atoms. The summed E-state index contributed by atoms with van der Waals surface area (Å²) in [5.74, 6) is 0.263. The highest BCUT2D eigenvalue weighted by molar-refractivity contribution is 7.91. The molecule has 0 saturated carbocycles. The minimum absolute atomic E-state index is 0.229. The highest BCUT2D eigenvalue weighted by Gasteiger charge is 2.31. The Morgan fingerprint density at radius 2 is 2.35 bits per heavy atom. The summed E-state index contributed by atoms with van der Waals surface area (Å²) in [4.78, 5) is 0.858. The maximum Gasteiger partial charge on any atom is 0.252 e. The van der Waals surface area contributed by atoms with Crippen LogP contribution in [0.1, 0.15) is 17.7 Å². The van der Waals surface area contributed by atoms with Gasteiger partial charge < -0.3 is 10.5 Å². The van der Waals surface area contributed by atoms with Crippen LogP contribution in [0.15, 0.2) is 16.3 Å². The Labute approximate surface area is 128 Å². The summed E-state index contributed by atoms with van der Waals surface area (Å²) in [5, 5.41) is 0. The summed E-state index contributed by atoms with van der Waals surface area (Å²) in [7, 11) is -1.80. The first-order valence-electron chi connectivity index (χ1n) is 6.34. The number of hydrogen-bond donors (Lipinski definition) is 1. The van der Waals surface area contributed by atoms with E-state index in [0.717, 1.165) is 24.2 Å². The number of ether oxygens (including phenoxy) is 1. The van der Waals surface area contributed by atoms with E-state index in [1.165, 1.54) is 4.31 Å². The van der Waals surface area contributed by atoms with E-state index < -0.39 is 10.0 Å². The van der Waals surface area contributed by atoms with Crippen molar-refractivity contribution >= 4 is 38.6 Å². The van der Waals surface area contributed by atoms with Crippen molar-refractivity contribution in [1.29, 1.82) is 0 Å². The predicted molar refractivity (Wildman–Crippen MR) is 83.6 cm³/mol. The second-order valence-electron chi connectivity index (χ2n) is 4.81. The third-order valence-corrected chi connectivity index (χ3v) is 7.10. The molecule has 8 heteroatoms. The molecule has 2 rings (SSSR count). The van der Waals surface area contributed by atoms with Crippen molar-refractivity contribution in [2.75, 3.05) is 26.8 Å². The van der Waals surface area contributed by atoms with Gasteiger partial charge >= 0.3 is 0 Å². The van der Waals surface area contributed by atoms with Gasteiger partial charge in [-0.05, 0) is 30.9 Å². The van der Waals surface area contributed by atoms with Crippen molar-refractivity contribution in [2.45, 2.75) is 17.1 Å². The van der Waals surface area contributed by atoms with E-state index in [2.05, 4.69) is 0 Å². The zero-order valence-corrected chi connectivity index (χ0v) is 13.7. The van der Waals surface area contributed by atoms with E-state index in [1.54, 1.807) is 19.2 Å². The van der Waals surface area contributed by atoms with Gasteiger partial charge in [0.2, 0.25) is 0 Å². The zero-order valence-electron chi connectivity index (χ0n) is 11.2. The standard InChI is InChI=1S/C12H18N2O3S3/c1-17-8-9-3-2-6-14(7-9)20(15,16)11-5-4-10(19-11)12(13)18/h4-5,9H,2-3,6-8H2,1H3,(H2,13,18). The molecule has 1 saturated heterocycles. The fourth-order valence-electron chi connectivity index (χ4n) is 2.34. The first kappa shape index (κ1) is 15.8. The molecule has 0 bridgehead atoms. The zero-order chi connectivity index (χ0) is 14.8. The van der Waals surface area contributed by atoms with Crippen LogP contribution < -0.4 is 5.73 Å². The van der Waals surface area contributed by atoms with Crippen molar-refractivity contribution in [3.63, 3.8) is 0 Å². The minimum atomic E-state index is -3.44. The molecule has 0 amide bonds. The van der Waals surface area contributed by atoms with Gasteiger partial charge in [-0.1, -0.05) is 12.2 Å². The second-order valence-corrected chi connectivity index (χ2v) is 8.50. The van der Waals surface area contributed by atoms with Gasteiger partial charge in [0.15, 0.2) is 0 Å².